The lowest BCUT2D eigenvalue weighted by atomic mass is 9.96. The summed E-state index contributed by atoms with van der Waals surface area (Å²) in [5.74, 6) is 0.851. The number of nitrogens with zero attached hydrogens (tertiary/aromatic N) is 3. The van der Waals surface area contributed by atoms with Crippen molar-refractivity contribution in [3.8, 4) is 5.75 Å². The molecule has 1 N–H and O–H groups in total. The topological polar surface area (TPSA) is 58.5 Å². The van der Waals surface area contributed by atoms with Gasteiger partial charge in [0.2, 0.25) is 0 Å². The van der Waals surface area contributed by atoms with Gasteiger partial charge in [-0.2, -0.15) is 0 Å². The molecular weight excluding hydrogens is 402 g/mol. The van der Waals surface area contributed by atoms with E-state index in [0.29, 0.717) is 13.0 Å². The van der Waals surface area contributed by atoms with E-state index >= 15 is 0 Å². The van der Waals surface area contributed by atoms with Gasteiger partial charge in [0.1, 0.15) is 23.0 Å². The van der Waals surface area contributed by atoms with Crippen LogP contribution in [-0.4, -0.2) is 33.1 Å². The molecule has 0 unspecified atom stereocenters. The molecule has 154 valence electrons. The van der Waals surface area contributed by atoms with E-state index in [1.807, 2.05) is 50.4 Å². The highest BCUT2D eigenvalue weighted by molar-refractivity contribution is 7.12. The smallest absolute Gasteiger partial charge is 0.125 e. The number of rotatable bonds is 6. The summed E-state index contributed by atoms with van der Waals surface area (Å²) >= 11 is 3.34. The summed E-state index contributed by atoms with van der Waals surface area (Å²) in [5.41, 5.74) is 0.106. The van der Waals surface area contributed by atoms with Gasteiger partial charge in [0, 0.05) is 24.2 Å². The Morgan fingerprint density at radius 1 is 1.14 bits per heavy atom. The van der Waals surface area contributed by atoms with Crippen molar-refractivity contribution in [2.75, 3.05) is 13.1 Å². The second-order valence-corrected chi connectivity index (χ2v) is 10.0. The van der Waals surface area contributed by atoms with Gasteiger partial charge in [0.15, 0.2) is 0 Å². The van der Waals surface area contributed by atoms with E-state index in [-0.39, 0.29) is 0 Å². The molecule has 0 amide bonds. The van der Waals surface area contributed by atoms with E-state index in [2.05, 4.69) is 9.88 Å². The first-order valence-electron chi connectivity index (χ1n) is 10.0. The van der Waals surface area contributed by atoms with Gasteiger partial charge in [-0.25, -0.2) is 9.97 Å². The maximum atomic E-state index is 11.4. The molecule has 1 atom stereocenters. The van der Waals surface area contributed by atoms with Crippen molar-refractivity contribution in [1.29, 1.82) is 0 Å². The molecule has 29 heavy (non-hydrogen) atoms. The van der Waals surface area contributed by atoms with Gasteiger partial charge in [-0.15, -0.1) is 22.7 Å². The molecule has 0 aliphatic carbocycles. The number of hydrogen-bond acceptors (Lipinski definition) is 7. The highest BCUT2D eigenvalue weighted by Gasteiger charge is 2.35. The Balaban J connectivity index is 1.40. The fourth-order valence-corrected chi connectivity index (χ4v) is 5.63. The molecule has 1 aliphatic rings. The largest absolute Gasteiger partial charge is 0.488 e. The SMILES string of the molecule is Cc1ncc(CN2CCC[C@](O)(c3nc(C)c(COc4ccccc4)s3)CC2)s1. The average molecular weight is 430 g/mol. The minimum atomic E-state index is -0.848. The third kappa shape index (κ3) is 5.04. The quantitative estimate of drug-likeness (QED) is 0.617. The fourth-order valence-electron chi connectivity index (χ4n) is 3.67. The summed E-state index contributed by atoms with van der Waals surface area (Å²) in [5, 5.41) is 13.3. The first-order chi connectivity index (χ1) is 14.0. The third-order valence-corrected chi connectivity index (χ3v) is 7.58. The first-order valence-corrected chi connectivity index (χ1v) is 11.7. The Hall–Kier alpha value is -1.80. The summed E-state index contributed by atoms with van der Waals surface area (Å²) < 4.78 is 5.89. The number of benzene rings is 1. The summed E-state index contributed by atoms with van der Waals surface area (Å²) in [6, 6.07) is 9.82. The Morgan fingerprint density at radius 2 is 1.97 bits per heavy atom. The van der Waals surface area contributed by atoms with Crippen molar-refractivity contribution >= 4 is 22.7 Å². The third-order valence-electron chi connectivity index (χ3n) is 5.36. The van der Waals surface area contributed by atoms with Crippen molar-refractivity contribution in [2.24, 2.45) is 0 Å². The van der Waals surface area contributed by atoms with E-state index in [1.54, 1.807) is 22.7 Å². The molecular formula is C22H27N3O2S2. The normalized spacial score (nSPS) is 20.5. The van der Waals surface area contributed by atoms with Crippen LogP contribution in [0.15, 0.2) is 36.5 Å². The van der Waals surface area contributed by atoms with Gasteiger partial charge in [-0.3, -0.25) is 4.90 Å². The van der Waals surface area contributed by atoms with E-state index in [0.717, 1.165) is 58.8 Å². The molecule has 1 aromatic carbocycles. The molecule has 0 radical (unpaired) electrons. The van der Waals surface area contributed by atoms with Crippen LogP contribution in [0, 0.1) is 13.8 Å². The number of hydrogen-bond donors (Lipinski definition) is 1. The lowest BCUT2D eigenvalue weighted by Crippen LogP contribution is -2.28. The Kier molecular flexibility index (Phi) is 6.29. The van der Waals surface area contributed by atoms with Crippen LogP contribution in [0.3, 0.4) is 0 Å². The summed E-state index contributed by atoms with van der Waals surface area (Å²) in [6.07, 6.45) is 4.39. The first kappa shape index (κ1) is 20.5. The molecule has 7 heteroatoms. The molecule has 3 heterocycles. The van der Waals surface area contributed by atoms with Crippen LogP contribution in [0.5, 0.6) is 5.75 Å². The van der Waals surface area contributed by atoms with E-state index in [9.17, 15) is 5.11 Å². The Bertz CT molecular complexity index is 941. The van der Waals surface area contributed by atoms with Gasteiger partial charge >= 0.3 is 0 Å². The zero-order chi connectivity index (χ0) is 20.3. The predicted molar refractivity (Wildman–Crippen MR) is 118 cm³/mol. The lowest BCUT2D eigenvalue weighted by molar-refractivity contribution is 0.0207. The molecule has 0 saturated carbocycles. The Labute approximate surface area is 180 Å². The van der Waals surface area contributed by atoms with Crippen LogP contribution in [0.25, 0.3) is 0 Å². The van der Waals surface area contributed by atoms with Crippen molar-refractivity contribution < 1.29 is 9.84 Å². The molecule has 4 rings (SSSR count). The molecule has 1 fully saturated rings. The number of aliphatic hydroxyl groups is 1. The van der Waals surface area contributed by atoms with Crippen LogP contribution in [0.1, 0.15) is 44.7 Å². The highest BCUT2D eigenvalue weighted by atomic mass is 32.1. The maximum Gasteiger partial charge on any atom is 0.125 e. The zero-order valence-electron chi connectivity index (χ0n) is 16.9. The number of para-hydroxylation sites is 1. The predicted octanol–water partition coefficient (Wildman–Crippen LogP) is 4.67. The highest BCUT2D eigenvalue weighted by Crippen LogP contribution is 2.37. The van der Waals surface area contributed by atoms with Crippen LogP contribution < -0.4 is 4.74 Å². The molecule has 1 aliphatic heterocycles. The summed E-state index contributed by atoms with van der Waals surface area (Å²) in [4.78, 5) is 13.9. The van der Waals surface area contributed by atoms with Gasteiger partial charge in [-0.05, 0) is 51.8 Å². The fraction of sp³-hybridized carbons (Fsp3) is 0.455. The summed E-state index contributed by atoms with van der Waals surface area (Å²) in [7, 11) is 0. The molecule has 2 aromatic heterocycles. The van der Waals surface area contributed by atoms with E-state index in [1.165, 1.54) is 4.88 Å². The van der Waals surface area contributed by atoms with Gasteiger partial charge in [-0.1, -0.05) is 18.2 Å². The van der Waals surface area contributed by atoms with Gasteiger partial charge < -0.3 is 9.84 Å². The minimum absolute atomic E-state index is 0.487. The second kappa shape index (κ2) is 8.92. The molecule has 1 saturated heterocycles. The van der Waals surface area contributed by atoms with Crippen molar-refractivity contribution in [3.63, 3.8) is 0 Å². The molecule has 0 spiro atoms. The maximum absolute atomic E-state index is 11.4. The van der Waals surface area contributed by atoms with E-state index in [4.69, 9.17) is 9.72 Å². The van der Waals surface area contributed by atoms with Crippen LogP contribution >= 0.6 is 22.7 Å². The van der Waals surface area contributed by atoms with Crippen LogP contribution in [0.4, 0.5) is 0 Å². The van der Waals surface area contributed by atoms with Crippen molar-refractivity contribution in [1.82, 2.24) is 14.9 Å². The summed E-state index contributed by atoms with van der Waals surface area (Å²) in [6.45, 7) is 7.30. The number of ether oxygens (including phenoxy) is 1. The second-order valence-electron chi connectivity index (χ2n) is 7.64. The average Bonchev–Trinajstić information content (AvgIpc) is 3.24. The molecule has 5 nitrogen and oxygen atoms in total. The Morgan fingerprint density at radius 3 is 2.72 bits per heavy atom. The van der Waals surface area contributed by atoms with Crippen molar-refractivity contribution in [2.45, 2.75) is 51.9 Å². The van der Waals surface area contributed by atoms with Crippen molar-refractivity contribution in [3.05, 3.63) is 62.0 Å². The number of aryl methyl sites for hydroxylation is 2. The van der Waals surface area contributed by atoms with Crippen LogP contribution in [-0.2, 0) is 18.8 Å². The number of aromatic nitrogens is 2. The molecule has 3 aromatic rings. The monoisotopic (exact) mass is 429 g/mol. The van der Waals surface area contributed by atoms with Crippen LogP contribution in [0.2, 0.25) is 0 Å². The standard InChI is InChI=1S/C22H27N3O2S2/c1-16-20(15-27-18-7-4-3-5-8-18)29-21(24-16)22(26)9-6-11-25(12-10-22)14-19-13-23-17(2)28-19/h3-5,7-8,13,26H,6,9-12,14-15H2,1-2H3/t22-/m1/s1. The minimum Gasteiger partial charge on any atom is -0.488 e. The zero-order valence-corrected chi connectivity index (χ0v) is 18.6. The van der Waals surface area contributed by atoms with Gasteiger partial charge in [0.25, 0.3) is 0 Å². The van der Waals surface area contributed by atoms with E-state index < -0.39 is 5.60 Å². The molecule has 0 bridgehead atoms. The number of likely N-dealkylation sites (tertiary alicyclic amines) is 1. The van der Waals surface area contributed by atoms with Gasteiger partial charge in [0.05, 0.1) is 15.6 Å². The lowest BCUT2D eigenvalue weighted by Gasteiger charge is -2.24. The number of thiazole rings is 2.